The van der Waals surface area contributed by atoms with Crippen LogP contribution in [-0.2, 0) is 16.0 Å². The lowest BCUT2D eigenvalue weighted by molar-refractivity contribution is -0.121. The third kappa shape index (κ3) is 6.61. The monoisotopic (exact) mass is 376 g/mol. The molecule has 2 amide bonds. The van der Waals surface area contributed by atoms with E-state index in [-0.39, 0.29) is 11.8 Å². The van der Waals surface area contributed by atoms with Gasteiger partial charge in [-0.1, -0.05) is 59.6 Å². The zero-order valence-corrected chi connectivity index (χ0v) is 15.0. The molecular formula is C19H18Cl2N2O2. The third-order valence-electron chi connectivity index (χ3n) is 3.35. The van der Waals surface area contributed by atoms with Crippen molar-refractivity contribution in [3.05, 3.63) is 75.8 Å². The van der Waals surface area contributed by atoms with Gasteiger partial charge in [0, 0.05) is 34.8 Å². The molecule has 4 nitrogen and oxygen atoms in total. The van der Waals surface area contributed by atoms with Gasteiger partial charge in [0.1, 0.15) is 0 Å². The van der Waals surface area contributed by atoms with E-state index in [0.29, 0.717) is 35.1 Å². The first-order valence-corrected chi connectivity index (χ1v) is 8.52. The van der Waals surface area contributed by atoms with Gasteiger partial charge in [-0.3, -0.25) is 9.59 Å². The van der Waals surface area contributed by atoms with Crippen LogP contribution in [0.2, 0.25) is 10.0 Å². The Balaban J connectivity index is 1.70. The van der Waals surface area contributed by atoms with Gasteiger partial charge in [-0.2, -0.15) is 0 Å². The van der Waals surface area contributed by atoms with Crippen LogP contribution < -0.4 is 10.6 Å². The Morgan fingerprint density at radius 3 is 2.20 bits per heavy atom. The van der Waals surface area contributed by atoms with Crippen LogP contribution in [0.1, 0.15) is 11.1 Å². The Hall–Kier alpha value is -2.30. The average Bonchev–Trinajstić information content (AvgIpc) is 2.59. The summed E-state index contributed by atoms with van der Waals surface area (Å²) in [5.74, 6) is -0.368. The van der Waals surface area contributed by atoms with Gasteiger partial charge < -0.3 is 10.6 Å². The first-order chi connectivity index (χ1) is 12.1. The van der Waals surface area contributed by atoms with Crippen molar-refractivity contribution in [2.24, 2.45) is 0 Å². The van der Waals surface area contributed by atoms with Gasteiger partial charge in [0.05, 0.1) is 6.42 Å². The lowest BCUT2D eigenvalue weighted by Crippen LogP contribution is -2.34. The molecule has 0 aromatic heterocycles. The lowest BCUT2D eigenvalue weighted by Gasteiger charge is -2.06. The Morgan fingerprint density at radius 1 is 0.880 bits per heavy atom. The van der Waals surface area contributed by atoms with Gasteiger partial charge in [0.15, 0.2) is 0 Å². The number of benzene rings is 2. The molecule has 0 aliphatic carbocycles. The second kappa shape index (κ2) is 9.87. The van der Waals surface area contributed by atoms with Gasteiger partial charge in [0.2, 0.25) is 11.8 Å². The minimum absolute atomic E-state index is 0.0844. The van der Waals surface area contributed by atoms with Crippen LogP contribution in [0.3, 0.4) is 0 Å². The highest BCUT2D eigenvalue weighted by molar-refractivity contribution is 6.37. The fourth-order valence-corrected chi connectivity index (χ4v) is 2.64. The highest BCUT2D eigenvalue weighted by Crippen LogP contribution is 2.25. The summed E-state index contributed by atoms with van der Waals surface area (Å²) in [7, 11) is 0. The van der Waals surface area contributed by atoms with E-state index < -0.39 is 0 Å². The number of halogens is 2. The molecule has 130 valence electrons. The summed E-state index contributed by atoms with van der Waals surface area (Å²) in [5.41, 5.74) is 1.54. The molecule has 0 saturated heterocycles. The van der Waals surface area contributed by atoms with E-state index >= 15 is 0 Å². The maximum Gasteiger partial charge on any atom is 0.244 e. The fraction of sp³-hybridized carbons (Fsp3) is 0.158. The van der Waals surface area contributed by atoms with E-state index in [0.717, 1.165) is 5.56 Å². The van der Waals surface area contributed by atoms with Crippen molar-refractivity contribution >= 4 is 41.1 Å². The van der Waals surface area contributed by atoms with Crippen LogP contribution >= 0.6 is 23.2 Å². The van der Waals surface area contributed by atoms with Gasteiger partial charge in [0.25, 0.3) is 0 Å². The Morgan fingerprint density at radius 2 is 1.52 bits per heavy atom. The summed E-state index contributed by atoms with van der Waals surface area (Å²) in [4.78, 5) is 23.6. The number of carbonyl (C=O) groups is 2. The second-order valence-corrected chi connectivity index (χ2v) is 6.09. The molecule has 0 bridgehead atoms. The van der Waals surface area contributed by atoms with Crippen molar-refractivity contribution in [2.75, 3.05) is 13.1 Å². The molecule has 6 heteroatoms. The average molecular weight is 377 g/mol. The van der Waals surface area contributed by atoms with Crippen LogP contribution in [0.5, 0.6) is 0 Å². The summed E-state index contributed by atoms with van der Waals surface area (Å²) >= 11 is 12.1. The van der Waals surface area contributed by atoms with Crippen molar-refractivity contribution in [1.29, 1.82) is 0 Å². The fourth-order valence-electron chi connectivity index (χ4n) is 2.12. The first-order valence-electron chi connectivity index (χ1n) is 7.77. The van der Waals surface area contributed by atoms with Crippen LogP contribution in [0.4, 0.5) is 0 Å². The minimum Gasteiger partial charge on any atom is -0.354 e. The normalized spacial score (nSPS) is 10.6. The quantitative estimate of drug-likeness (QED) is 0.573. The molecule has 2 aromatic rings. The summed E-state index contributed by atoms with van der Waals surface area (Å²) in [5, 5.41) is 6.40. The number of nitrogens with one attached hydrogen (secondary N) is 2. The SMILES string of the molecule is O=C(/C=C/c1c(Cl)cccc1Cl)NCCNC(=O)Cc1ccccc1. The molecule has 0 aliphatic heterocycles. The maximum absolute atomic E-state index is 11.8. The molecule has 0 saturated carbocycles. The summed E-state index contributed by atoms with van der Waals surface area (Å²) in [6, 6.07) is 14.6. The van der Waals surface area contributed by atoms with Crippen molar-refractivity contribution in [2.45, 2.75) is 6.42 Å². The van der Waals surface area contributed by atoms with Gasteiger partial charge in [-0.25, -0.2) is 0 Å². The van der Waals surface area contributed by atoms with Crippen molar-refractivity contribution in [3.8, 4) is 0 Å². The number of hydrogen-bond donors (Lipinski definition) is 2. The molecule has 25 heavy (non-hydrogen) atoms. The zero-order valence-electron chi connectivity index (χ0n) is 13.5. The Labute approximate surface area is 156 Å². The maximum atomic E-state index is 11.8. The topological polar surface area (TPSA) is 58.2 Å². The van der Waals surface area contributed by atoms with Gasteiger partial charge in [-0.15, -0.1) is 0 Å². The van der Waals surface area contributed by atoms with Crippen LogP contribution in [0.25, 0.3) is 6.08 Å². The number of rotatable bonds is 7. The summed E-state index contributed by atoms with van der Waals surface area (Å²) < 4.78 is 0. The Bertz CT molecular complexity index is 741. The second-order valence-electron chi connectivity index (χ2n) is 5.27. The molecule has 2 rings (SSSR count). The first kappa shape index (κ1) is 19.0. The third-order valence-corrected chi connectivity index (χ3v) is 4.01. The molecule has 0 fully saturated rings. The standard InChI is InChI=1S/C19H18Cl2N2O2/c20-16-7-4-8-17(21)15(16)9-10-18(24)22-11-12-23-19(25)13-14-5-2-1-3-6-14/h1-10H,11-13H2,(H,22,24)(H,23,25)/b10-9+. The van der Waals surface area contributed by atoms with E-state index in [1.807, 2.05) is 30.3 Å². The molecule has 0 spiro atoms. The molecule has 0 aliphatic rings. The molecule has 2 aromatic carbocycles. The number of hydrogen-bond acceptors (Lipinski definition) is 2. The van der Waals surface area contributed by atoms with E-state index in [4.69, 9.17) is 23.2 Å². The van der Waals surface area contributed by atoms with Crippen LogP contribution in [-0.4, -0.2) is 24.9 Å². The van der Waals surface area contributed by atoms with E-state index in [9.17, 15) is 9.59 Å². The summed E-state index contributed by atoms with van der Waals surface area (Å²) in [6.45, 7) is 0.693. The predicted molar refractivity (Wildman–Crippen MR) is 102 cm³/mol. The van der Waals surface area contributed by atoms with Crippen LogP contribution in [0, 0.1) is 0 Å². The molecule has 2 N–H and O–H groups in total. The summed E-state index contributed by atoms with van der Waals surface area (Å²) in [6.07, 6.45) is 3.24. The molecule has 0 unspecified atom stereocenters. The van der Waals surface area contributed by atoms with E-state index in [1.54, 1.807) is 24.3 Å². The minimum atomic E-state index is -0.284. The molecule has 0 atom stereocenters. The highest BCUT2D eigenvalue weighted by Gasteiger charge is 2.04. The van der Waals surface area contributed by atoms with Gasteiger partial charge >= 0.3 is 0 Å². The number of carbonyl (C=O) groups excluding carboxylic acids is 2. The Kier molecular flexibility index (Phi) is 7.51. The largest absolute Gasteiger partial charge is 0.354 e. The van der Waals surface area contributed by atoms with E-state index in [2.05, 4.69) is 10.6 Å². The molecule has 0 heterocycles. The smallest absolute Gasteiger partial charge is 0.244 e. The van der Waals surface area contributed by atoms with E-state index in [1.165, 1.54) is 6.08 Å². The van der Waals surface area contributed by atoms with Crippen molar-refractivity contribution < 1.29 is 9.59 Å². The highest BCUT2D eigenvalue weighted by atomic mass is 35.5. The predicted octanol–water partition coefficient (Wildman–Crippen LogP) is 3.48. The molecule has 0 radical (unpaired) electrons. The van der Waals surface area contributed by atoms with Crippen molar-refractivity contribution in [3.63, 3.8) is 0 Å². The van der Waals surface area contributed by atoms with Crippen molar-refractivity contribution in [1.82, 2.24) is 10.6 Å². The molecular weight excluding hydrogens is 359 g/mol. The number of amides is 2. The van der Waals surface area contributed by atoms with Gasteiger partial charge in [-0.05, 0) is 23.8 Å². The lowest BCUT2D eigenvalue weighted by atomic mass is 10.1. The van der Waals surface area contributed by atoms with Crippen LogP contribution in [0.15, 0.2) is 54.6 Å². The zero-order chi connectivity index (χ0) is 18.1.